The number of hydrogen-bond acceptors (Lipinski definition) is 4. The normalized spacial score (nSPS) is 15.0. The topological polar surface area (TPSA) is 86.7 Å². The summed E-state index contributed by atoms with van der Waals surface area (Å²) in [5, 5.41) is 9.35. The lowest BCUT2D eigenvalue weighted by molar-refractivity contribution is -0.137. The molecule has 0 fully saturated rings. The Morgan fingerprint density at radius 2 is 1.83 bits per heavy atom. The molecule has 0 saturated heterocycles. The van der Waals surface area contributed by atoms with Crippen molar-refractivity contribution < 1.29 is 31.5 Å². The number of phenols is 1. The van der Waals surface area contributed by atoms with E-state index in [0.717, 1.165) is 29.3 Å². The summed E-state index contributed by atoms with van der Waals surface area (Å²) in [7, 11) is -4.27. The monoisotopic (exact) mass is 440 g/mol. The van der Waals surface area contributed by atoms with Crippen LogP contribution < -0.4 is 4.72 Å². The predicted octanol–water partition coefficient (Wildman–Crippen LogP) is 3.01. The fraction of sp³-hybridized carbons (Fsp3) is 0.250. The minimum atomic E-state index is -4.67. The van der Waals surface area contributed by atoms with E-state index in [1.807, 2.05) is 6.08 Å². The van der Waals surface area contributed by atoms with E-state index >= 15 is 0 Å². The van der Waals surface area contributed by atoms with Gasteiger partial charge in [-0.3, -0.25) is 4.79 Å². The number of hydrogen-bond donors (Lipinski definition) is 2. The summed E-state index contributed by atoms with van der Waals surface area (Å²) in [6.07, 6.45) is -2.28. The molecule has 0 unspecified atom stereocenters. The van der Waals surface area contributed by atoms with Crippen molar-refractivity contribution >= 4 is 21.5 Å². The van der Waals surface area contributed by atoms with Crippen LogP contribution in [0.25, 0.3) is 5.57 Å². The molecular formula is C20H19F3N2O4S. The van der Waals surface area contributed by atoms with Gasteiger partial charge in [0.2, 0.25) is 15.9 Å². The van der Waals surface area contributed by atoms with Gasteiger partial charge in [0.1, 0.15) is 5.75 Å². The van der Waals surface area contributed by atoms with Gasteiger partial charge in [0.25, 0.3) is 0 Å². The van der Waals surface area contributed by atoms with Gasteiger partial charge in [0.15, 0.2) is 0 Å². The van der Waals surface area contributed by atoms with E-state index in [1.165, 1.54) is 4.90 Å². The summed E-state index contributed by atoms with van der Waals surface area (Å²) in [5.41, 5.74) is 0.841. The van der Waals surface area contributed by atoms with Crippen molar-refractivity contribution in [1.29, 1.82) is 0 Å². The second-order valence-electron chi connectivity index (χ2n) is 6.72. The Hall–Kier alpha value is -2.85. The second-order valence-corrected chi connectivity index (χ2v) is 8.48. The largest absolute Gasteiger partial charge is 0.508 e. The molecule has 3 rings (SSSR count). The smallest absolute Gasteiger partial charge is 0.416 e. The number of amides is 1. The van der Waals surface area contributed by atoms with E-state index in [1.54, 1.807) is 24.3 Å². The van der Waals surface area contributed by atoms with Crippen LogP contribution in [0.15, 0.2) is 59.5 Å². The van der Waals surface area contributed by atoms with Crippen molar-refractivity contribution in [3.05, 3.63) is 65.7 Å². The third-order valence-electron chi connectivity index (χ3n) is 4.69. The SMILES string of the molecule is O=C(CNS(=O)(=O)c1cccc(C(F)(F)F)c1)N1CC=C(c2ccc(O)cc2)CC1. The first kappa shape index (κ1) is 21.8. The van der Waals surface area contributed by atoms with Crippen LogP contribution in [0.3, 0.4) is 0 Å². The number of carbonyl (C=O) groups excluding carboxylic acids is 1. The zero-order chi connectivity index (χ0) is 21.9. The predicted molar refractivity (Wildman–Crippen MR) is 104 cm³/mol. The molecular weight excluding hydrogens is 421 g/mol. The van der Waals surface area contributed by atoms with Gasteiger partial charge < -0.3 is 10.0 Å². The van der Waals surface area contributed by atoms with Gasteiger partial charge in [0.05, 0.1) is 17.0 Å². The number of nitrogens with zero attached hydrogens (tertiary/aromatic N) is 1. The zero-order valence-corrected chi connectivity index (χ0v) is 16.5. The van der Waals surface area contributed by atoms with Crippen molar-refractivity contribution in [1.82, 2.24) is 9.62 Å². The second kappa shape index (κ2) is 8.49. The highest BCUT2D eigenvalue weighted by Gasteiger charge is 2.31. The summed E-state index contributed by atoms with van der Waals surface area (Å²) in [6, 6.07) is 10.0. The number of carbonyl (C=O) groups is 1. The Bertz CT molecular complexity index is 1060. The van der Waals surface area contributed by atoms with Gasteiger partial charge in [-0.15, -0.1) is 0 Å². The maximum Gasteiger partial charge on any atom is 0.416 e. The molecule has 1 aliphatic rings. The lowest BCUT2D eigenvalue weighted by atomic mass is 9.99. The minimum Gasteiger partial charge on any atom is -0.508 e. The number of nitrogens with one attached hydrogen (secondary N) is 1. The molecule has 0 aliphatic carbocycles. The van der Waals surface area contributed by atoms with Gasteiger partial charge >= 0.3 is 6.18 Å². The molecule has 0 spiro atoms. The number of aromatic hydroxyl groups is 1. The van der Waals surface area contributed by atoms with E-state index in [9.17, 15) is 31.5 Å². The van der Waals surface area contributed by atoms with Crippen LogP contribution >= 0.6 is 0 Å². The quantitative estimate of drug-likeness (QED) is 0.749. The van der Waals surface area contributed by atoms with E-state index in [2.05, 4.69) is 4.72 Å². The summed E-state index contributed by atoms with van der Waals surface area (Å²) >= 11 is 0. The van der Waals surface area contributed by atoms with Crippen LogP contribution in [0.2, 0.25) is 0 Å². The molecule has 0 radical (unpaired) electrons. The molecule has 30 heavy (non-hydrogen) atoms. The molecule has 0 aromatic heterocycles. The fourth-order valence-electron chi connectivity index (χ4n) is 3.02. The maximum absolute atomic E-state index is 12.8. The van der Waals surface area contributed by atoms with E-state index < -0.39 is 39.1 Å². The number of benzene rings is 2. The van der Waals surface area contributed by atoms with Gasteiger partial charge in [-0.05, 0) is 47.9 Å². The summed E-state index contributed by atoms with van der Waals surface area (Å²) in [4.78, 5) is 13.2. The first-order chi connectivity index (χ1) is 14.1. The first-order valence-corrected chi connectivity index (χ1v) is 10.5. The summed E-state index contributed by atoms with van der Waals surface area (Å²) in [6.45, 7) is 0.0954. The Balaban J connectivity index is 1.61. The van der Waals surface area contributed by atoms with Crippen LogP contribution in [0.1, 0.15) is 17.5 Å². The number of halogens is 3. The fourth-order valence-corrected chi connectivity index (χ4v) is 4.04. The zero-order valence-electron chi connectivity index (χ0n) is 15.7. The van der Waals surface area contributed by atoms with Crippen LogP contribution in [0, 0.1) is 0 Å². The average molecular weight is 440 g/mol. The molecule has 1 heterocycles. The Kier molecular flexibility index (Phi) is 6.18. The van der Waals surface area contributed by atoms with Crippen LogP contribution in [0.4, 0.5) is 13.2 Å². The lowest BCUT2D eigenvalue weighted by Gasteiger charge is -2.27. The third-order valence-corrected chi connectivity index (χ3v) is 6.08. The van der Waals surface area contributed by atoms with Crippen molar-refractivity contribution in [3.63, 3.8) is 0 Å². The number of sulfonamides is 1. The maximum atomic E-state index is 12.8. The van der Waals surface area contributed by atoms with E-state index in [-0.39, 0.29) is 12.3 Å². The highest BCUT2D eigenvalue weighted by atomic mass is 32.2. The number of phenolic OH excluding ortho intramolecular Hbond substituents is 1. The Morgan fingerprint density at radius 1 is 1.13 bits per heavy atom. The van der Waals surface area contributed by atoms with Crippen molar-refractivity contribution in [2.24, 2.45) is 0 Å². The van der Waals surface area contributed by atoms with Crippen molar-refractivity contribution in [3.8, 4) is 5.75 Å². The molecule has 2 aromatic carbocycles. The molecule has 160 valence electrons. The molecule has 6 nitrogen and oxygen atoms in total. The Labute approximate surface area is 171 Å². The van der Waals surface area contributed by atoms with Crippen LogP contribution in [-0.2, 0) is 21.0 Å². The highest BCUT2D eigenvalue weighted by molar-refractivity contribution is 7.89. The third kappa shape index (κ3) is 5.19. The minimum absolute atomic E-state index is 0.153. The van der Waals surface area contributed by atoms with Crippen LogP contribution in [-0.4, -0.2) is 44.0 Å². The molecule has 1 amide bonds. The average Bonchev–Trinajstić information content (AvgIpc) is 2.72. The standard InChI is InChI=1S/C20H19F3N2O4S/c21-20(22,23)16-2-1-3-18(12-16)30(28,29)24-13-19(27)25-10-8-15(9-11-25)14-4-6-17(26)7-5-14/h1-8,12,24,26H,9-11,13H2. The van der Waals surface area contributed by atoms with Gasteiger partial charge in [-0.1, -0.05) is 24.3 Å². The van der Waals surface area contributed by atoms with Crippen molar-refractivity contribution in [2.75, 3.05) is 19.6 Å². The molecule has 1 aliphatic heterocycles. The Morgan fingerprint density at radius 3 is 2.43 bits per heavy atom. The van der Waals surface area contributed by atoms with Gasteiger partial charge in [0, 0.05) is 13.1 Å². The van der Waals surface area contributed by atoms with E-state index in [4.69, 9.17) is 0 Å². The van der Waals surface area contributed by atoms with E-state index in [0.29, 0.717) is 19.0 Å². The summed E-state index contributed by atoms with van der Waals surface area (Å²) in [5.74, 6) is -0.327. The highest BCUT2D eigenvalue weighted by Crippen LogP contribution is 2.30. The lowest BCUT2D eigenvalue weighted by Crippen LogP contribution is -2.42. The molecule has 0 atom stereocenters. The van der Waals surface area contributed by atoms with Gasteiger partial charge in [-0.25, -0.2) is 13.1 Å². The van der Waals surface area contributed by atoms with Crippen molar-refractivity contribution in [2.45, 2.75) is 17.5 Å². The molecule has 10 heteroatoms. The molecule has 2 aromatic rings. The van der Waals surface area contributed by atoms with Crippen LogP contribution in [0.5, 0.6) is 5.75 Å². The number of rotatable bonds is 5. The van der Waals surface area contributed by atoms with Gasteiger partial charge in [-0.2, -0.15) is 13.2 Å². The molecule has 0 bridgehead atoms. The number of alkyl halides is 3. The summed E-state index contributed by atoms with van der Waals surface area (Å²) < 4.78 is 65.0. The molecule has 0 saturated carbocycles. The first-order valence-electron chi connectivity index (χ1n) is 8.99. The molecule has 2 N–H and O–H groups in total.